The fourth-order valence-electron chi connectivity index (χ4n) is 2.96. The van der Waals surface area contributed by atoms with Crippen LogP contribution in [-0.4, -0.2) is 25.1 Å². The van der Waals surface area contributed by atoms with Crippen LogP contribution in [0.2, 0.25) is 0 Å². The summed E-state index contributed by atoms with van der Waals surface area (Å²) in [5.74, 6) is 1.98. The molecular formula is C20H18N2O3S2. The number of terminal acetylenes is 1. The van der Waals surface area contributed by atoms with E-state index in [1.165, 1.54) is 23.5 Å². The number of rotatable bonds is 3. The van der Waals surface area contributed by atoms with Crippen molar-refractivity contribution in [1.29, 1.82) is 0 Å². The Morgan fingerprint density at radius 2 is 1.96 bits per heavy atom. The number of carbonyl (C=O) groups excluding carboxylic acids is 1. The normalized spacial score (nSPS) is 12.3. The molecule has 3 aromatic rings. The van der Waals surface area contributed by atoms with Gasteiger partial charge in [-0.2, -0.15) is 4.99 Å². The SMILES string of the molecule is C#CCn1c(=NC(=O)c2ccccc2S(C)(=O)=O)sc2c(C)cc(C)cc21. The van der Waals surface area contributed by atoms with Crippen LogP contribution in [0.5, 0.6) is 0 Å². The fourth-order valence-corrected chi connectivity index (χ4v) is 4.91. The Balaban J connectivity index is 2.26. The molecule has 138 valence electrons. The Morgan fingerprint density at radius 3 is 2.63 bits per heavy atom. The van der Waals surface area contributed by atoms with Crippen LogP contribution in [0.3, 0.4) is 0 Å². The summed E-state index contributed by atoms with van der Waals surface area (Å²) in [5, 5.41) is 0. The molecule has 0 fully saturated rings. The summed E-state index contributed by atoms with van der Waals surface area (Å²) in [7, 11) is -3.54. The van der Waals surface area contributed by atoms with Gasteiger partial charge >= 0.3 is 0 Å². The zero-order chi connectivity index (χ0) is 19.8. The molecule has 0 atom stereocenters. The average molecular weight is 399 g/mol. The molecule has 7 heteroatoms. The van der Waals surface area contributed by atoms with E-state index >= 15 is 0 Å². The highest BCUT2D eigenvalue weighted by molar-refractivity contribution is 7.90. The first-order valence-corrected chi connectivity index (χ1v) is 10.9. The van der Waals surface area contributed by atoms with Crippen molar-refractivity contribution in [3.8, 4) is 12.3 Å². The molecule has 0 spiro atoms. The second-order valence-corrected chi connectivity index (χ2v) is 9.25. The number of nitrogens with zero attached hydrogens (tertiary/aromatic N) is 2. The van der Waals surface area contributed by atoms with Crippen LogP contribution >= 0.6 is 11.3 Å². The predicted molar refractivity (Wildman–Crippen MR) is 108 cm³/mol. The number of sulfone groups is 1. The van der Waals surface area contributed by atoms with Crippen molar-refractivity contribution in [3.63, 3.8) is 0 Å². The number of aromatic nitrogens is 1. The molecule has 27 heavy (non-hydrogen) atoms. The highest BCUT2D eigenvalue weighted by Crippen LogP contribution is 2.24. The van der Waals surface area contributed by atoms with Crippen molar-refractivity contribution in [2.75, 3.05) is 6.26 Å². The molecule has 0 radical (unpaired) electrons. The first kappa shape index (κ1) is 19.1. The maximum atomic E-state index is 12.8. The highest BCUT2D eigenvalue weighted by Gasteiger charge is 2.18. The number of hydrogen-bond acceptors (Lipinski definition) is 4. The second kappa shape index (κ2) is 7.14. The van der Waals surface area contributed by atoms with Crippen LogP contribution in [0.4, 0.5) is 0 Å². The molecular weight excluding hydrogens is 380 g/mol. The first-order valence-electron chi connectivity index (χ1n) is 8.14. The van der Waals surface area contributed by atoms with E-state index in [2.05, 4.69) is 17.0 Å². The molecule has 2 aromatic carbocycles. The van der Waals surface area contributed by atoms with Gasteiger partial charge in [0.15, 0.2) is 14.6 Å². The van der Waals surface area contributed by atoms with Gasteiger partial charge in [0.25, 0.3) is 5.91 Å². The van der Waals surface area contributed by atoms with Crippen molar-refractivity contribution in [1.82, 2.24) is 4.57 Å². The molecule has 5 nitrogen and oxygen atoms in total. The minimum atomic E-state index is -3.54. The number of fused-ring (bicyclic) bond motifs is 1. The summed E-state index contributed by atoms with van der Waals surface area (Å²) in [4.78, 5) is 17.4. The number of amides is 1. The number of carbonyl (C=O) groups is 1. The Labute approximate surface area is 161 Å². The zero-order valence-corrected chi connectivity index (χ0v) is 16.8. The minimum Gasteiger partial charge on any atom is -0.305 e. The lowest BCUT2D eigenvalue weighted by molar-refractivity contribution is 0.0995. The van der Waals surface area contributed by atoms with Crippen LogP contribution < -0.4 is 4.80 Å². The Hall–Kier alpha value is -2.69. The van der Waals surface area contributed by atoms with Gasteiger partial charge in [0, 0.05) is 6.26 Å². The van der Waals surface area contributed by atoms with Gasteiger partial charge < -0.3 is 4.57 Å². The Bertz CT molecular complexity index is 1270. The van der Waals surface area contributed by atoms with Crippen molar-refractivity contribution in [2.45, 2.75) is 25.3 Å². The monoisotopic (exact) mass is 398 g/mol. The molecule has 3 rings (SSSR count). The molecule has 1 heterocycles. The lowest BCUT2D eigenvalue weighted by atomic mass is 10.1. The molecule has 0 aliphatic heterocycles. The Kier molecular flexibility index (Phi) is 5.05. The molecule has 0 unspecified atom stereocenters. The van der Waals surface area contributed by atoms with E-state index in [1.54, 1.807) is 16.7 Å². The van der Waals surface area contributed by atoms with Crippen LogP contribution in [0.15, 0.2) is 46.3 Å². The standard InChI is InChI=1S/C20H18N2O3S2/c1-5-10-22-16-12-13(2)11-14(3)18(16)26-20(22)21-19(23)15-8-6-7-9-17(15)27(4,24)25/h1,6-9,11-12H,10H2,2-4H3. The molecule has 0 aliphatic rings. The van der Waals surface area contributed by atoms with Gasteiger partial charge in [-0.05, 0) is 43.2 Å². The summed E-state index contributed by atoms with van der Waals surface area (Å²) in [5.41, 5.74) is 3.13. The van der Waals surface area contributed by atoms with E-state index in [0.717, 1.165) is 27.6 Å². The third-order valence-electron chi connectivity index (χ3n) is 4.08. The number of hydrogen-bond donors (Lipinski definition) is 0. The maximum Gasteiger partial charge on any atom is 0.280 e. The summed E-state index contributed by atoms with van der Waals surface area (Å²) >= 11 is 1.37. The van der Waals surface area contributed by atoms with Gasteiger partial charge in [-0.1, -0.05) is 35.5 Å². The third-order valence-corrected chi connectivity index (χ3v) is 6.46. The van der Waals surface area contributed by atoms with E-state index in [-0.39, 0.29) is 17.0 Å². The summed E-state index contributed by atoms with van der Waals surface area (Å²) in [6.45, 7) is 4.26. The number of benzene rings is 2. The first-order chi connectivity index (χ1) is 12.7. The molecule has 1 aromatic heterocycles. The summed E-state index contributed by atoms with van der Waals surface area (Å²) in [6.07, 6.45) is 6.58. The average Bonchev–Trinajstić information content (AvgIpc) is 2.92. The molecule has 1 amide bonds. The largest absolute Gasteiger partial charge is 0.305 e. The Morgan fingerprint density at radius 1 is 1.26 bits per heavy atom. The highest BCUT2D eigenvalue weighted by atomic mass is 32.2. The summed E-state index contributed by atoms with van der Waals surface area (Å²) < 4.78 is 26.8. The van der Waals surface area contributed by atoms with Crippen LogP contribution in [0.25, 0.3) is 10.2 Å². The molecule has 0 N–H and O–H groups in total. The van der Waals surface area contributed by atoms with Gasteiger partial charge in [0.05, 0.1) is 27.2 Å². The quantitative estimate of drug-likeness (QED) is 0.637. The van der Waals surface area contributed by atoms with Crippen molar-refractivity contribution < 1.29 is 13.2 Å². The van der Waals surface area contributed by atoms with E-state index in [1.807, 2.05) is 19.9 Å². The molecule has 0 saturated heterocycles. The van der Waals surface area contributed by atoms with Crippen molar-refractivity contribution >= 4 is 37.3 Å². The number of aryl methyl sites for hydroxylation is 2. The van der Waals surface area contributed by atoms with Crippen molar-refractivity contribution in [2.24, 2.45) is 4.99 Å². The van der Waals surface area contributed by atoms with Gasteiger partial charge in [-0.15, -0.1) is 6.42 Å². The van der Waals surface area contributed by atoms with Crippen LogP contribution in [-0.2, 0) is 16.4 Å². The molecule has 0 bridgehead atoms. The predicted octanol–water partition coefficient (Wildman–Crippen LogP) is 3.10. The van der Waals surface area contributed by atoms with E-state index in [9.17, 15) is 13.2 Å². The summed E-state index contributed by atoms with van der Waals surface area (Å²) in [6, 6.07) is 10.1. The van der Waals surface area contributed by atoms with Crippen molar-refractivity contribution in [3.05, 3.63) is 57.9 Å². The van der Waals surface area contributed by atoms with E-state index < -0.39 is 15.7 Å². The van der Waals surface area contributed by atoms with E-state index in [4.69, 9.17) is 6.42 Å². The number of thiazole rings is 1. The minimum absolute atomic E-state index is 0.0321. The lowest BCUT2D eigenvalue weighted by Crippen LogP contribution is -2.17. The van der Waals surface area contributed by atoms with Gasteiger partial charge in [-0.3, -0.25) is 4.79 Å². The third kappa shape index (κ3) is 3.72. The van der Waals surface area contributed by atoms with Gasteiger partial charge in [0.1, 0.15) is 0 Å². The van der Waals surface area contributed by atoms with Crippen LogP contribution in [0, 0.1) is 26.2 Å². The fraction of sp³-hybridized carbons (Fsp3) is 0.200. The maximum absolute atomic E-state index is 12.8. The smallest absolute Gasteiger partial charge is 0.280 e. The zero-order valence-electron chi connectivity index (χ0n) is 15.2. The van der Waals surface area contributed by atoms with Gasteiger partial charge in [0.2, 0.25) is 0 Å². The van der Waals surface area contributed by atoms with E-state index in [0.29, 0.717) is 4.80 Å². The van der Waals surface area contributed by atoms with Crippen LogP contribution in [0.1, 0.15) is 21.5 Å². The lowest BCUT2D eigenvalue weighted by Gasteiger charge is -2.04. The second-order valence-electron chi connectivity index (χ2n) is 6.29. The topological polar surface area (TPSA) is 68.5 Å². The van der Waals surface area contributed by atoms with Gasteiger partial charge in [-0.25, -0.2) is 8.42 Å². The molecule has 0 aliphatic carbocycles. The molecule has 0 saturated carbocycles.